The molecule has 0 aliphatic carbocycles. The normalized spacial score (nSPS) is 11.6. The first-order chi connectivity index (χ1) is 7.29. The van der Waals surface area contributed by atoms with Crippen LogP contribution < -0.4 is 0 Å². The van der Waals surface area contributed by atoms with Gasteiger partial charge in [-0.15, -0.1) is 17.7 Å². The third-order valence-corrected chi connectivity index (χ3v) is 2.46. The van der Waals surface area contributed by atoms with E-state index in [4.69, 9.17) is 0 Å². The van der Waals surface area contributed by atoms with E-state index in [0.29, 0.717) is 0 Å². The fourth-order valence-corrected chi connectivity index (χ4v) is 1.62. The van der Waals surface area contributed by atoms with E-state index in [0.717, 1.165) is 16.7 Å². The molecule has 2 rings (SSSR count). The third-order valence-electron chi connectivity index (χ3n) is 2.46. The predicted molar refractivity (Wildman–Crippen MR) is 61.4 cm³/mol. The van der Waals surface area contributed by atoms with E-state index < -0.39 is 6.10 Å². The summed E-state index contributed by atoms with van der Waals surface area (Å²) >= 11 is 0. The summed E-state index contributed by atoms with van der Waals surface area (Å²) < 4.78 is 0. The fraction of sp³-hybridized carbons (Fsp3) is 0.0714. The minimum Gasteiger partial charge on any atom is -0.396 e. The number of hydrogen-bond donors (Lipinski definition) is 1. The van der Waals surface area contributed by atoms with Crippen molar-refractivity contribution in [2.45, 2.75) is 6.10 Å². The summed E-state index contributed by atoms with van der Waals surface area (Å²) in [7, 11) is 0. The summed E-state index contributed by atoms with van der Waals surface area (Å²) in [5, 5.41) is 10.1. The molecule has 1 nitrogen and oxygen atoms in total. The molecule has 2 aromatic rings. The van der Waals surface area contributed by atoms with Gasteiger partial charge in [-0.2, -0.15) is 18.6 Å². The average molecular weight is 288 g/mol. The van der Waals surface area contributed by atoms with Crippen LogP contribution in [0.1, 0.15) is 22.8 Å². The molecule has 0 saturated heterocycles. The number of hydrogen-bond acceptors (Lipinski definition) is 1. The van der Waals surface area contributed by atoms with Crippen LogP contribution in [0.25, 0.3) is 0 Å². The van der Waals surface area contributed by atoms with Crippen molar-refractivity contribution in [3.8, 4) is 0 Å². The van der Waals surface area contributed by atoms with Gasteiger partial charge in [0, 0.05) is 26.2 Å². The second-order valence-electron chi connectivity index (χ2n) is 3.51. The maximum Gasteiger partial charge on any atom is 0.0607 e. The first kappa shape index (κ1) is 13.2. The average Bonchev–Trinajstić information content (AvgIpc) is 2.30. The molecule has 0 bridgehead atoms. The second kappa shape index (κ2) is 6.03. The van der Waals surface area contributed by atoms with Crippen LogP contribution in [0.3, 0.4) is 0 Å². The Morgan fingerprint density at radius 2 is 1.44 bits per heavy atom. The van der Waals surface area contributed by atoms with Crippen LogP contribution in [-0.4, -0.2) is 5.11 Å². The van der Waals surface area contributed by atoms with Crippen LogP contribution in [0.4, 0.5) is 0 Å². The molecule has 1 N–H and O–H groups in total. The van der Waals surface area contributed by atoms with Crippen LogP contribution in [0.15, 0.2) is 54.6 Å². The fourth-order valence-electron chi connectivity index (χ4n) is 1.62. The largest absolute Gasteiger partial charge is 0.396 e. The molecule has 0 fully saturated rings. The summed E-state index contributed by atoms with van der Waals surface area (Å²) in [6.07, 6.45) is -0.583. The number of aliphatic hydroxyl groups excluding tert-OH is 1. The molecule has 0 saturated carbocycles. The van der Waals surface area contributed by atoms with Crippen molar-refractivity contribution in [3.05, 3.63) is 78.2 Å². The van der Waals surface area contributed by atoms with Crippen molar-refractivity contribution >= 4 is 0 Å². The van der Waals surface area contributed by atoms with Gasteiger partial charge in [-0.25, -0.2) is 0 Å². The van der Waals surface area contributed by atoms with Gasteiger partial charge in [-0.3, -0.25) is 0 Å². The monoisotopic (exact) mass is 287 g/mol. The van der Waals surface area contributed by atoms with Crippen molar-refractivity contribution in [3.63, 3.8) is 0 Å². The van der Waals surface area contributed by atoms with E-state index in [1.54, 1.807) is 0 Å². The Balaban J connectivity index is 0.00000128. The molecule has 1 atom stereocenters. The van der Waals surface area contributed by atoms with Crippen molar-refractivity contribution < 1.29 is 31.3 Å². The molecule has 16 heavy (non-hydrogen) atoms. The van der Waals surface area contributed by atoms with Gasteiger partial charge in [0.15, 0.2) is 0 Å². The molecule has 2 heteroatoms. The smallest absolute Gasteiger partial charge is 0.0607 e. The summed E-state index contributed by atoms with van der Waals surface area (Å²) in [5.41, 5.74) is 2.63. The Labute approximate surface area is 115 Å². The molecular weight excluding hydrogens is 275 g/mol. The molecule has 0 aromatic heterocycles. The Morgan fingerprint density at radius 3 is 2.06 bits per heavy atom. The third kappa shape index (κ3) is 2.84. The van der Waals surface area contributed by atoms with Gasteiger partial charge < -0.3 is 5.11 Å². The Kier molecular flexibility index (Phi) is 4.98. The zero-order valence-electron chi connectivity index (χ0n) is 8.93. The minimum absolute atomic E-state index is 0. The van der Waals surface area contributed by atoms with Crippen molar-refractivity contribution in [2.24, 2.45) is 0 Å². The first-order valence-corrected chi connectivity index (χ1v) is 4.93. The van der Waals surface area contributed by atoms with Crippen molar-refractivity contribution in [1.82, 2.24) is 0 Å². The topological polar surface area (TPSA) is 20.2 Å². The van der Waals surface area contributed by atoms with Gasteiger partial charge in [-0.05, 0) is 5.56 Å². The molecule has 1 unspecified atom stereocenters. The quantitative estimate of drug-likeness (QED) is 0.843. The maximum absolute atomic E-state index is 10.1. The van der Waals surface area contributed by atoms with E-state index in [9.17, 15) is 5.11 Å². The zero-order valence-corrected chi connectivity index (χ0v) is 11.4. The van der Waals surface area contributed by atoms with Gasteiger partial charge >= 0.3 is 0 Å². The van der Waals surface area contributed by atoms with Crippen LogP contribution in [0.5, 0.6) is 0 Å². The Bertz CT molecular complexity index is 439. The van der Waals surface area contributed by atoms with E-state index in [1.165, 1.54) is 0 Å². The molecule has 0 aliphatic heterocycles. The molecule has 0 aliphatic rings. The number of aliphatic hydroxyl groups is 1. The molecule has 0 spiro atoms. The van der Waals surface area contributed by atoms with Gasteiger partial charge in [0.1, 0.15) is 0 Å². The summed E-state index contributed by atoms with van der Waals surface area (Å²) in [6, 6.07) is 17.2. The molecule has 0 radical (unpaired) electrons. The standard InChI is InChI=1S/C14H13O.Zr/c1-11-7-5-6-10-13(11)14(15)12-8-3-2-4-9-12;/h2-10,14-15H,1H2;/q-1;. The Morgan fingerprint density at radius 1 is 0.875 bits per heavy atom. The van der Waals surface area contributed by atoms with E-state index >= 15 is 0 Å². The molecule has 0 amide bonds. The summed E-state index contributed by atoms with van der Waals surface area (Å²) in [6.45, 7) is 3.91. The van der Waals surface area contributed by atoms with Crippen molar-refractivity contribution in [2.75, 3.05) is 0 Å². The maximum atomic E-state index is 10.1. The Hall–Kier alpha value is -0.847. The minimum atomic E-state index is -0.583. The van der Waals surface area contributed by atoms with Crippen LogP contribution in [0, 0.1) is 6.92 Å². The van der Waals surface area contributed by atoms with Gasteiger partial charge in [0.05, 0.1) is 6.10 Å². The molecular formula is C14H13OZr-. The van der Waals surface area contributed by atoms with E-state index in [1.807, 2.05) is 54.6 Å². The van der Waals surface area contributed by atoms with E-state index in [2.05, 4.69) is 6.92 Å². The predicted octanol–water partition coefficient (Wildman–Crippen LogP) is 2.95. The van der Waals surface area contributed by atoms with Crippen LogP contribution >= 0.6 is 0 Å². The van der Waals surface area contributed by atoms with Crippen LogP contribution in [-0.2, 0) is 26.2 Å². The number of rotatable bonds is 2. The van der Waals surface area contributed by atoms with Gasteiger partial charge in [0.25, 0.3) is 0 Å². The van der Waals surface area contributed by atoms with Crippen molar-refractivity contribution in [1.29, 1.82) is 0 Å². The van der Waals surface area contributed by atoms with Gasteiger partial charge in [-0.1, -0.05) is 36.4 Å². The first-order valence-electron chi connectivity index (χ1n) is 4.93. The molecule has 80 valence electrons. The second-order valence-corrected chi connectivity index (χ2v) is 3.51. The summed E-state index contributed by atoms with van der Waals surface area (Å²) in [4.78, 5) is 0. The molecule has 0 heterocycles. The SMILES string of the molecule is [CH2-]c1ccccc1C(O)c1ccccc1.[Zr]. The zero-order chi connectivity index (χ0) is 10.7. The van der Waals surface area contributed by atoms with Crippen LogP contribution in [0.2, 0.25) is 0 Å². The molecule has 2 aromatic carbocycles. The number of benzene rings is 2. The van der Waals surface area contributed by atoms with E-state index in [-0.39, 0.29) is 26.2 Å². The summed E-state index contributed by atoms with van der Waals surface area (Å²) in [5.74, 6) is 0. The van der Waals surface area contributed by atoms with Gasteiger partial charge in [0.2, 0.25) is 0 Å².